The second-order valence-corrected chi connectivity index (χ2v) is 2.41. The third-order valence-corrected chi connectivity index (χ3v) is 1.61. The zero-order valence-corrected chi connectivity index (χ0v) is 7.11. The van der Waals surface area contributed by atoms with E-state index in [0.29, 0.717) is 11.3 Å². The molecule has 1 aromatic carbocycles. The van der Waals surface area contributed by atoms with E-state index in [1.807, 2.05) is 5.16 Å². The van der Waals surface area contributed by atoms with Crippen LogP contribution in [0, 0.1) is 0 Å². The Morgan fingerprint density at radius 1 is 1.54 bits per heavy atom. The fraction of sp³-hybridized carbons (Fsp3) is 0.125. The van der Waals surface area contributed by atoms with Crippen molar-refractivity contribution in [3.63, 3.8) is 0 Å². The SMILES string of the molecule is COc1cc(C(N)=[NH+]O)ccc1O. The van der Waals surface area contributed by atoms with Crippen molar-refractivity contribution >= 4 is 5.84 Å². The van der Waals surface area contributed by atoms with E-state index in [-0.39, 0.29) is 11.6 Å². The van der Waals surface area contributed by atoms with Crippen molar-refractivity contribution in [2.24, 2.45) is 5.73 Å². The summed E-state index contributed by atoms with van der Waals surface area (Å²) < 4.78 is 4.85. The van der Waals surface area contributed by atoms with Crippen molar-refractivity contribution in [1.82, 2.24) is 0 Å². The summed E-state index contributed by atoms with van der Waals surface area (Å²) in [5.74, 6) is 0.422. The third-order valence-electron chi connectivity index (χ3n) is 1.61. The molecular weight excluding hydrogens is 172 g/mol. The molecule has 13 heavy (non-hydrogen) atoms. The summed E-state index contributed by atoms with van der Waals surface area (Å²) in [5.41, 5.74) is 5.93. The molecule has 1 rings (SSSR count). The van der Waals surface area contributed by atoms with Crippen molar-refractivity contribution in [1.29, 1.82) is 0 Å². The Hall–Kier alpha value is -1.91. The van der Waals surface area contributed by atoms with Crippen LogP contribution in [0.15, 0.2) is 18.2 Å². The minimum absolute atomic E-state index is 0.0250. The second-order valence-electron chi connectivity index (χ2n) is 2.41. The van der Waals surface area contributed by atoms with E-state index in [9.17, 15) is 5.11 Å². The molecule has 0 unspecified atom stereocenters. The van der Waals surface area contributed by atoms with Crippen molar-refractivity contribution in [2.45, 2.75) is 0 Å². The molecule has 0 aliphatic heterocycles. The number of nitrogens with two attached hydrogens (primary N) is 1. The smallest absolute Gasteiger partial charge is 0.311 e. The standard InChI is InChI=1S/C8H10N2O3/c1-13-7-4-5(8(9)10-12)2-3-6(7)11/h2-4,11-12H,1H3,(H2,9,10)/p+1. The summed E-state index contributed by atoms with van der Waals surface area (Å²) in [6, 6.07) is 4.49. The van der Waals surface area contributed by atoms with Gasteiger partial charge < -0.3 is 15.1 Å². The van der Waals surface area contributed by atoms with E-state index < -0.39 is 0 Å². The van der Waals surface area contributed by atoms with Gasteiger partial charge in [-0.3, -0.25) is 5.73 Å². The first-order valence-corrected chi connectivity index (χ1v) is 3.59. The van der Waals surface area contributed by atoms with Crippen LogP contribution in [0.1, 0.15) is 5.56 Å². The minimum atomic E-state index is 0.0250. The van der Waals surface area contributed by atoms with Gasteiger partial charge in [-0.25, -0.2) is 0 Å². The molecule has 0 fully saturated rings. The number of phenolic OH excluding ortho intramolecular Hbond substituents is 1. The van der Waals surface area contributed by atoms with Crippen LogP contribution in [-0.4, -0.2) is 23.3 Å². The van der Waals surface area contributed by atoms with Gasteiger partial charge in [-0.1, -0.05) is 5.16 Å². The van der Waals surface area contributed by atoms with Crippen LogP contribution in [0.2, 0.25) is 0 Å². The Morgan fingerprint density at radius 2 is 2.23 bits per heavy atom. The minimum Gasteiger partial charge on any atom is -0.504 e. The summed E-state index contributed by atoms with van der Waals surface area (Å²) >= 11 is 0. The fourth-order valence-corrected chi connectivity index (χ4v) is 0.910. The molecule has 0 amide bonds. The van der Waals surface area contributed by atoms with Gasteiger partial charge in [0.15, 0.2) is 11.5 Å². The van der Waals surface area contributed by atoms with Crippen molar-refractivity contribution in [2.75, 3.05) is 7.11 Å². The lowest BCUT2D eigenvalue weighted by Gasteiger charge is -2.03. The molecule has 0 radical (unpaired) electrons. The number of nitrogen functional groups attached to an aromatic ring is 1. The molecule has 0 bridgehead atoms. The van der Waals surface area contributed by atoms with Gasteiger partial charge in [0.2, 0.25) is 0 Å². The summed E-state index contributed by atoms with van der Waals surface area (Å²) in [7, 11) is 1.43. The number of methoxy groups -OCH3 is 1. The van der Waals surface area contributed by atoms with Gasteiger partial charge in [0.05, 0.1) is 12.7 Å². The highest BCUT2D eigenvalue weighted by atomic mass is 16.5. The number of amidine groups is 1. The highest BCUT2D eigenvalue weighted by Gasteiger charge is 2.08. The van der Waals surface area contributed by atoms with E-state index in [4.69, 9.17) is 15.7 Å². The van der Waals surface area contributed by atoms with E-state index in [1.54, 1.807) is 6.07 Å². The number of nitrogens with one attached hydrogen (secondary N) is 1. The molecule has 5 heteroatoms. The molecule has 0 aliphatic rings. The van der Waals surface area contributed by atoms with Crippen LogP contribution in [0.4, 0.5) is 0 Å². The average molecular weight is 183 g/mol. The van der Waals surface area contributed by atoms with E-state index in [2.05, 4.69) is 0 Å². The summed E-state index contributed by atoms with van der Waals surface area (Å²) in [6.07, 6.45) is 0. The largest absolute Gasteiger partial charge is 0.504 e. The molecule has 0 saturated carbocycles. The average Bonchev–Trinajstić information content (AvgIpc) is 2.17. The zero-order valence-electron chi connectivity index (χ0n) is 7.11. The molecule has 1 aromatic rings. The van der Waals surface area contributed by atoms with Gasteiger partial charge in [0, 0.05) is 0 Å². The Balaban J connectivity index is 3.13. The maximum atomic E-state index is 9.23. The van der Waals surface area contributed by atoms with Crippen LogP contribution in [0.25, 0.3) is 0 Å². The summed E-state index contributed by atoms with van der Waals surface area (Å²) in [4.78, 5) is 0. The van der Waals surface area contributed by atoms with Crippen LogP contribution in [0.3, 0.4) is 0 Å². The normalized spacial score (nSPS) is 11.3. The highest BCUT2D eigenvalue weighted by Crippen LogP contribution is 2.25. The van der Waals surface area contributed by atoms with Gasteiger partial charge in [-0.2, -0.15) is 0 Å². The Bertz CT molecular complexity index is 336. The lowest BCUT2D eigenvalue weighted by Crippen LogP contribution is -2.71. The van der Waals surface area contributed by atoms with E-state index >= 15 is 0 Å². The molecule has 5 N–H and O–H groups in total. The van der Waals surface area contributed by atoms with Gasteiger partial charge >= 0.3 is 5.84 Å². The molecule has 0 aromatic heterocycles. The number of hydrogen-bond donors (Lipinski definition) is 4. The maximum absolute atomic E-state index is 9.23. The number of ether oxygens (including phenoxy) is 1. The van der Waals surface area contributed by atoms with Crippen molar-refractivity contribution < 1.29 is 20.2 Å². The van der Waals surface area contributed by atoms with Crippen LogP contribution in [-0.2, 0) is 0 Å². The first kappa shape index (κ1) is 9.18. The molecule has 0 aliphatic carbocycles. The van der Waals surface area contributed by atoms with Crippen LogP contribution in [0.5, 0.6) is 11.5 Å². The summed E-state index contributed by atoms with van der Waals surface area (Å²) in [6.45, 7) is 0. The van der Waals surface area contributed by atoms with Crippen molar-refractivity contribution in [3.05, 3.63) is 23.8 Å². The maximum Gasteiger partial charge on any atom is 0.311 e. The van der Waals surface area contributed by atoms with Crippen LogP contribution >= 0.6 is 0 Å². The molecule has 5 nitrogen and oxygen atoms in total. The molecule has 70 valence electrons. The van der Waals surface area contributed by atoms with Crippen LogP contribution < -0.4 is 15.6 Å². The number of benzene rings is 1. The first-order chi connectivity index (χ1) is 6.19. The van der Waals surface area contributed by atoms with Crippen molar-refractivity contribution in [3.8, 4) is 11.5 Å². The molecule has 0 saturated heterocycles. The molecular formula is C8H11N2O3+. The third kappa shape index (κ3) is 1.81. The highest BCUT2D eigenvalue weighted by molar-refractivity contribution is 5.93. The van der Waals surface area contributed by atoms with Gasteiger partial charge in [-0.05, 0) is 18.2 Å². The van der Waals surface area contributed by atoms with E-state index in [1.165, 1.54) is 19.2 Å². The number of aromatic hydroxyl groups is 1. The predicted molar refractivity (Wildman–Crippen MR) is 45.7 cm³/mol. The predicted octanol–water partition coefficient (Wildman–Crippen LogP) is -1.42. The van der Waals surface area contributed by atoms with Gasteiger partial charge in [-0.15, -0.1) is 0 Å². The first-order valence-electron chi connectivity index (χ1n) is 3.59. The van der Waals surface area contributed by atoms with E-state index in [0.717, 1.165) is 0 Å². The molecule has 0 heterocycles. The Labute approximate surface area is 75.1 Å². The fourth-order valence-electron chi connectivity index (χ4n) is 0.910. The number of rotatable bonds is 2. The van der Waals surface area contributed by atoms with Gasteiger partial charge in [0.1, 0.15) is 0 Å². The second kappa shape index (κ2) is 3.66. The monoisotopic (exact) mass is 183 g/mol. The Kier molecular flexibility index (Phi) is 2.59. The summed E-state index contributed by atoms with van der Waals surface area (Å²) in [5, 5.41) is 19.5. The Morgan fingerprint density at radius 3 is 2.77 bits per heavy atom. The number of hydrogen-bond acceptors (Lipinski definition) is 3. The lowest BCUT2D eigenvalue weighted by molar-refractivity contribution is -0.737. The lowest BCUT2D eigenvalue weighted by atomic mass is 10.2. The topological polar surface area (TPSA) is 89.7 Å². The molecule has 0 atom stereocenters. The number of phenols is 1. The zero-order chi connectivity index (χ0) is 9.84. The van der Waals surface area contributed by atoms with Gasteiger partial charge in [0.25, 0.3) is 0 Å². The quantitative estimate of drug-likeness (QED) is 0.196. The molecule has 0 spiro atoms.